The molecule has 3 rings (SSSR count). The van der Waals surface area contributed by atoms with Gasteiger partial charge in [-0.15, -0.1) is 0 Å². The van der Waals surface area contributed by atoms with E-state index in [4.69, 9.17) is 9.26 Å². The van der Waals surface area contributed by atoms with E-state index in [1.165, 1.54) is 5.56 Å². The van der Waals surface area contributed by atoms with Crippen LogP contribution in [0, 0.1) is 0 Å². The van der Waals surface area contributed by atoms with Crippen LogP contribution in [0.3, 0.4) is 0 Å². The fraction of sp³-hybridized carbons (Fsp3) is 0.571. The molecule has 108 valence electrons. The van der Waals surface area contributed by atoms with E-state index in [1.54, 1.807) is 0 Å². The van der Waals surface area contributed by atoms with Gasteiger partial charge >= 0.3 is 0 Å². The molecule has 0 spiro atoms. The van der Waals surface area contributed by atoms with Crippen molar-refractivity contribution >= 4 is 0 Å². The Morgan fingerprint density at radius 2 is 2.35 bits per heavy atom. The predicted octanol–water partition coefficient (Wildman–Crippen LogP) is 1.50. The second-order valence-corrected chi connectivity index (χ2v) is 5.08. The number of aryl methyl sites for hydroxylation is 1. The zero-order valence-electron chi connectivity index (χ0n) is 12.0. The van der Waals surface area contributed by atoms with Crippen molar-refractivity contribution in [2.24, 2.45) is 7.05 Å². The molecule has 2 aromatic heterocycles. The molecule has 2 aromatic rings. The van der Waals surface area contributed by atoms with E-state index in [0.717, 1.165) is 43.3 Å². The van der Waals surface area contributed by atoms with E-state index in [9.17, 15) is 0 Å². The zero-order valence-corrected chi connectivity index (χ0v) is 12.0. The highest BCUT2D eigenvalue weighted by Gasteiger charge is 2.24. The normalized spacial score (nSPS) is 15.5. The van der Waals surface area contributed by atoms with Gasteiger partial charge in [-0.05, 0) is 6.92 Å². The largest absolute Gasteiger partial charge is 0.375 e. The maximum Gasteiger partial charge on any atom is 0.142 e. The predicted molar refractivity (Wildman–Crippen MR) is 72.9 cm³/mol. The van der Waals surface area contributed by atoms with Gasteiger partial charge in [0.1, 0.15) is 17.3 Å². The number of imidazole rings is 1. The summed E-state index contributed by atoms with van der Waals surface area (Å²) in [7, 11) is 2.03. The summed E-state index contributed by atoms with van der Waals surface area (Å²) < 4.78 is 12.9. The molecule has 0 atom stereocenters. The summed E-state index contributed by atoms with van der Waals surface area (Å²) in [6, 6.07) is 0. The Morgan fingerprint density at radius 3 is 3.10 bits per heavy atom. The van der Waals surface area contributed by atoms with E-state index in [-0.39, 0.29) is 0 Å². The van der Waals surface area contributed by atoms with Crippen molar-refractivity contribution in [3.8, 4) is 0 Å². The van der Waals surface area contributed by atoms with E-state index in [1.807, 2.05) is 26.4 Å². The monoisotopic (exact) mass is 276 g/mol. The molecule has 1 aliphatic heterocycles. The smallest absolute Gasteiger partial charge is 0.142 e. The van der Waals surface area contributed by atoms with E-state index in [0.29, 0.717) is 13.2 Å². The molecule has 3 heterocycles. The Labute approximate surface area is 118 Å². The summed E-state index contributed by atoms with van der Waals surface area (Å²) in [5.74, 6) is 2.09. The van der Waals surface area contributed by atoms with E-state index < -0.39 is 0 Å². The van der Waals surface area contributed by atoms with Gasteiger partial charge < -0.3 is 13.8 Å². The maximum atomic E-state index is 5.45. The molecule has 0 saturated carbocycles. The Balaban J connectivity index is 1.70. The zero-order chi connectivity index (χ0) is 13.9. The minimum absolute atomic E-state index is 0.533. The number of fused-ring (bicyclic) bond motifs is 1. The average Bonchev–Trinajstić information content (AvgIpc) is 3.04. The third-order valence-corrected chi connectivity index (χ3v) is 3.72. The van der Waals surface area contributed by atoms with Crippen molar-refractivity contribution in [2.75, 3.05) is 13.2 Å². The molecule has 0 fully saturated rings. The van der Waals surface area contributed by atoms with Crippen LogP contribution in [0.25, 0.3) is 0 Å². The summed E-state index contributed by atoms with van der Waals surface area (Å²) in [4.78, 5) is 6.76. The Hall–Kier alpha value is -1.66. The van der Waals surface area contributed by atoms with Crippen LogP contribution >= 0.6 is 0 Å². The summed E-state index contributed by atoms with van der Waals surface area (Å²) in [6.45, 7) is 5.89. The highest BCUT2D eigenvalue weighted by Crippen LogP contribution is 2.23. The SMILES string of the molecule is CCOCc1noc2c1CN(Cc1nccn1C)CC2. The lowest BCUT2D eigenvalue weighted by Gasteiger charge is -2.25. The second-order valence-electron chi connectivity index (χ2n) is 5.08. The van der Waals surface area contributed by atoms with Crippen LogP contribution in [0.1, 0.15) is 29.8 Å². The van der Waals surface area contributed by atoms with Crippen LogP contribution < -0.4 is 0 Å². The molecule has 0 amide bonds. The van der Waals surface area contributed by atoms with Gasteiger partial charge in [0.25, 0.3) is 0 Å². The van der Waals surface area contributed by atoms with Gasteiger partial charge in [-0.1, -0.05) is 5.16 Å². The van der Waals surface area contributed by atoms with E-state index in [2.05, 4.69) is 19.6 Å². The molecule has 6 heteroatoms. The lowest BCUT2D eigenvalue weighted by atomic mass is 10.1. The van der Waals surface area contributed by atoms with Gasteiger partial charge in [-0.3, -0.25) is 4.90 Å². The molecule has 0 aliphatic carbocycles. The standard InChI is InChI=1S/C14H20N4O2/c1-3-19-10-12-11-8-18(6-4-13(11)20-16-12)9-14-15-5-7-17(14)2/h5,7H,3-4,6,8-10H2,1-2H3. The van der Waals surface area contributed by atoms with Crippen LogP contribution in [0.5, 0.6) is 0 Å². The number of hydrogen-bond acceptors (Lipinski definition) is 5. The van der Waals surface area contributed by atoms with Gasteiger partial charge in [0.05, 0.1) is 13.2 Å². The number of nitrogens with zero attached hydrogens (tertiary/aromatic N) is 4. The molecule has 0 N–H and O–H groups in total. The van der Waals surface area contributed by atoms with Crippen LogP contribution in [-0.4, -0.2) is 32.8 Å². The molecule has 0 bridgehead atoms. The first kappa shape index (κ1) is 13.3. The number of ether oxygens (including phenoxy) is 1. The van der Waals surface area contributed by atoms with Crippen LogP contribution in [0.15, 0.2) is 16.9 Å². The maximum absolute atomic E-state index is 5.45. The van der Waals surface area contributed by atoms with Gasteiger partial charge in [-0.2, -0.15) is 0 Å². The molecule has 6 nitrogen and oxygen atoms in total. The van der Waals surface area contributed by atoms with Crippen molar-refractivity contribution in [3.05, 3.63) is 35.2 Å². The molecule has 0 radical (unpaired) electrons. The fourth-order valence-corrected chi connectivity index (χ4v) is 2.52. The Kier molecular flexibility index (Phi) is 3.84. The first-order chi connectivity index (χ1) is 9.78. The van der Waals surface area contributed by atoms with Crippen molar-refractivity contribution in [2.45, 2.75) is 33.0 Å². The van der Waals surface area contributed by atoms with Crippen molar-refractivity contribution in [3.63, 3.8) is 0 Å². The molecular formula is C14H20N4O2. The van der Waals surface area contributed by atoms with Crippen molar-refractivity contribution in [1.82, 2.24) is 19.6 Å². The highest BCUT2D eigenvalue weighted by atomic mass is 16.5. The van der Waals surface area contributed by atoms with Crippen LogP contribution in [0.4, 0.5) is 0 Å². The molecule has 1 aliphatic rings. The van der Waals surface area contributed by atoms with Gasteiger partial charge in [0, 0.05) is 51.1 Å². The van der Waals surface area contributed by atoms with Crippen LogP contribution in [-0.2, 0) is 37.9 Å². The highest BCUT2D eigenvalue weighted by molar-refractivity contribution is 5.25. The van der Waals surface area contributed by atoms with E-state index >= 15 is 0 Å². The third-order valence-electron chi connectivity index (χ3n) is 3.72. The quantitative estimate of drug-likeness (QED) is 0.828. The second kappa shape index (κ2) is 5.76. The molecule has 0 unspecified atom stereocenters. The fourth-order valence-electron chi connectivity index (χ4n) is 2.52. The first-order valence-electron chi connectivity index (χ1n) is 7.00. The number of aromatic nitrogens is 3. The minimum Gasteiger partial charge on any atom is -0.375 e. The number of hydrogen-bond donors (Lipinski definition) is 0. The molecule has 0 aromatic carbocycles. The van der Waals surface area contributed by atoms with Gasteiger partial charge in [-0.25, -0.2) is 4.98 Å². The van der Waals surface area contributed by atoms with Crippen molar-refractivity contribution < 1.29 is 9.26 Å². The Morgan fingerprint density at radius 1 is 1.45 bits per heavy atom. The average molecular weight is 276 g/mol. The first-order valence-corrected chi connectivity index (χ1v) is 7.00. The van der Waals surface area contributed by atoms with Crippen LogP contribution in [0.2, 0.25) is 0 Å². The number of rotatable bonds is 5. The lowest BCUT2D eigenvalue weighted by Crippen LogP contribution is -2.31. The summed E-state index contributed by atoms with van der Waals surface area (Å²) in [5.41, 5.74) is 2.13. The van der Waals surface area contributed by atoms with Crippen molar-refractivity contribution in [1.29, 1.82) is 0 Å². The molecule has 20 heavy (non-hydrogen) atoms. The third kappa shape index (κ3) is 2.62. The molecule has 0 saturated heterocycles. The summed E-state index contributed by atoms with van der Waals surface area (Å²) in [5, 5.41) is 4.14. The topological polar surface area (TPSA) is 56.3 Å². The summed E-state index contributed by atoms with van der Waals surface area (Å²) >= 11 is 0. The lowest BCUT2D eigenvalue weighted by molar-refractivity contribution is 0.127. The Bertz CT molecular complexity index is 575. The van der Waals surface area contributed by atoms with Gasteiger partial charge in [0.2, 0.25) is 0 Å². The minimum atomic E-state index is 0.533. The molecular weight excluding hydrogens is 256 g/mol. The summed E-state index contributed by atoms with van der Waals surface area (Å²) in [6.07, 6.45) is 4.72. The van der Waals surface area contributed by atoms with Gasteiger partial charge in [0.15, 0.2) is 0 Å².